The summed E-state index contributed by atoms with van der Waals surface area (Å²) in [4.78, 5) is 35.9. The number of rotatable bonds is 8. The predicted octanol–water partition coefficient (Wildman–Crippen LogP) is 5.23. The summed E-state index contributed by atoms with van der Waals surface area (Å²) in [5.41, 5.74) is 4.64. The Morgan fingerprint density at radius 2 is 1.97 bits per heavy atom. The van der Waals surface area contributed by atoms with Crippen molar-refractivity contribution in [1.29, 1.82) is 0 Å². The molecular formula is C28H30N4O4S. The summed E-state index contributed by atoms with van der Waals surface area (Å²) >= 11 is 1.38. The van der Waals surface area contributed by atoms with Gasteiger partial charge in [0.05, 0.1) is 12.1 Å². The van der Waals surface area contributed by atoms with E-state index in [2.05, 4.69) is 11.1 Å². The third-order valence-corrected chi connectivity index (χ3v) is 7.98. The van der Waals surface area contributed by atoms with Crippen molar-refractivity contribution < 1.29 is 19.4 Å². The van der Waals surface area contributed by atoms with E-state index in [0.29, 0.717) is 30.7 Å². The summed E-state index contributed by atoms with van der Waals surface area (Å²) < 4.78 is 7.41. The molecule has 1 unspecified atom stereocenters. The predicted molar refractivity (Wildman–Crippen MR) is 145 cm³/mol. The lowest BCUT2D eigenvalue weighted by Crippen LogP contribution is -2.35. The second-order valence-electron chi connectivity index (χ2n) is 9.61. The Kier molecular flexibility index (Phi) is 7.34. The SMILES string of the molecule is CN(C(=O)C(CC(=O)O)CC1CCOCC1)c1nc(-c2ccccc2-c2cnc3c(ccn3C)c2)cs1. The fraction of sp³-hybridized carbons (Fsp3) is 0.357. The summed E-state index contributed by atoms with van der Waals surface area (Å²) in [6.07, 6.45) is 5.94. The molecule has 1 amide bonds. The molecule has 0 spiro atoms. The van der Waals surface area contributed by atoms with Crippen molar-refractivity contribution in [3.8, 4) is 22.4 Å². The van der Waals surface area contributed by atoms with Crippen LogP contribution < -0.4 is 4.90 Å². The third kappa shape index (κ3) is 5.42. The van der Waals surface area contributed by atoms with Crippen LogP contribution in [0.15, 0.2) is 54.2 Å². The van der Waals surface area contributed by atoms with E-state index in [1.165, 1.54) is 16.2 Å². The number of fused-ring (bicyclic) bond motifs is 1. The van der Waals surface area contributed by atoms with Crippen LogP contribution in [0.1, 0.15) is 25.7 Å². The maximum absolute atomic E-state index is 13.4. The molecule has 8 nitrogen and oxygen atoms in total. The summed E-state index contributed by atoms with van der Waals surface area (Å²) in [7, 11) is 3.66. The molecule has 0 saturated carbocycles. The maximum atomic E-state index is 13.4. The van der Waals surface area contributed by atoms with Gasteiger partial charge in [-0.3, -0.25) is 14.5 Å². The van der Waals surface area contributed by atoms with Crippen molar-refractivity contribution in [3.63, 3.8) is 0 Å². The minimum atomic E-state index is -0.962. The number of ether oxygens (including phenoxy) is 1. The Balaban J connectivity index is 1.39. The fourth-order valence-corrected chi connectivity index (χ4v) is 5.83. The average molecular weight is 519 g/mol. The van der Waals surface area contributed by atoms with Gasteiger partial charge in [0.25, 0.3) is 0 Å². The second-order valence-corrected chi connectivity index (χ2v) is 10.4. The number of pyridine rings is 1. The molecule has 1 aliphatic heterocycles. The first-order chi connectivity index (χ1) is 17.9. The molecule has 1 aromatic carbocycles. The average Bonchev–Trinajstić information content (AvgIpc) is 3.55. The van der Waals surface area contributed by atoms with Gasteiger partial charge >= 0.3 is 5.97 Å². The van der Waals surface area contributed by atoms with Crippen LogP contribution in [0, 0.1) is 11.8 Å². The van der Waals surface area contributed by atoms with E-state index in [-0.39, 0.29) is 12.3 Å². The number of thiazole rings is 1. The summed E-state index contributed by atoms with van der Waals surface area (Å²) in [6, 6.07) is 12.2. The van der Waals surface area contributed by atoms with Gasteiger partial charge in [-0.2, -0.15) is 0 Å². The van der Waals surface area contributed by atoms with E-state index >= 15 is 0 Å². The highest BCUT2D eigenvalue weighted by molar-refractivity contribution is 7.14. The number of hydrogen-bond donors (Lipinski definition) is 1. The Hall–Kier alpha value is -3.56. The van der Waals surface area contributed by atoms with Crippen LogP contribution in [0.5, 0.6) is 0 Å². The van der Waals surface area contributed by atoms with E-state index in [1.807, 2.05) is 59.7 Å². The van der Waals surface area contributed by atoms with Gasteiger partial charge in [-0.05, 0) is 42.9 Å². The molecule has 0 bridgehead atoms. The minimum Gasteiger partial charge on any atom is -0.481 e. The molecule has 1 aliphatic rings. The molecule has 4 heterocycles. The first kappa shape index (κ1) is 25.1. The van der Waals surface area contributed by atoms with E-state index in [4.69, 9.17) is 9.72 Å². The molecule has 3 aromatic heterocycles. The van der Waals surface area contributed by atoms with Crippen molar-refractivity contribution >= 4 is 39.4 Å². The molecule has 4 aromatic rings. The number of anilines is 1. The Bertz CT molecular complexity index is 1420. The third-order valence-electron chi connectivity index (χ3n) is 7.06. The number of amides is 1. The van der Waals surface area contributed by atoms with Crippen LogP contribution in [0.4, 0.5) is 5.13 Å². The molecule has 5 rings (SSSR count). The number of hydrogen-bond acceptors (Lipinski definition) is 6. The molecule has 1 saturated heterocycles. The molecule has 37 heavy (non-hydrogen) atoms. The van der Waals surface area contributed by atoms with Crippen molar-refractivity contribution in [2.24, 2.45) is 18.9 Å². The standard InChI is InChI=1S/C28H30N4O4S/c1-31-10-7-19-14-21(16-29-26(19)31)22-5-3-4-6-23(22)24-17-37-28(30-24)32(2)27(35)20(15-25(33)34)13-18-8-11-36-12-9-18/h3-7,10,14,16-18,20H,8-9,11-13,15H2,1-2H3,(H,33,34). The van der Waals surface area contributed by atoms with Gasteiger partial charge in [0.15, 0.2) is 5.13 Å². The number of carboxylic acid groups (broad SMARTS) is 1. The molecule has 0 aliphatic carbocycles. The number of carbonyl (C=O) groups is 2. The van der Waals surface area contributed by atoms with Gasteiger partial charge in [-0.1, -0.05) is 24.3 Å². The van der Waals surface area contributed by atoms with Gasteiger partial charge in [0.1, 0.15) is 5.65 Å². The first-order valence-electron chi connectivity index (χ1n) is 12.4. The Labute approximate surface area is 219 Å². The quantitative estimate of drug-likeness (QED) is 0.343. The minimum absolute atomic E-state index is 0.184. The number of benzene rings is 1. The zero-order chi connectivity index (χ0) is 25.9. The molecule has 9 heteroatoms. The van der Waals surface area contributed by atoms with Crippen LogP contribution in [0.2, 0.25) is 0 Å². The van der Waals surface area contributed by atoms with E-state index in [1.54, 1.807) is 7.05 Å². The van der Waals surface area contributed by atoms with E-state index in [0.717, 1.165) is 46.3 Å². The number of aliphatic carboxylic acids is 1. The number of aryl methyl sites for hydroxylation is 1. The molecule has 1 atom stereocenters. The van der Waals surface area contributed by atoms with Crippen molar-refractivity contribution in [1.82, 2.24) is 14.5 Å². The second kappa shape index (κ2) is 10.8. The molecular weight excluding hydrogens is 488 g/mol. The molecule has 0 radical (unpaired) electrons. The van der Waals surface area contributed by atoms with Gasteiger partial charge < -0.3 is 14.4 Å². The van der Waals surface area contributed by atoms with Crippen LogP contribution >= 0.6 is 11.3 Å². The number of nitrogens with zero attached hydrogens (tertiary/aromatic N) is 4. The lowest BCUT2D eigenvalue weighted by Gasteiger charge is -2.27. The van der Waals surface area contributed by atoms with Gasteiger partial charge in [-0.25, -0.2) is 9.97 Å². The molecule has 1 N–H and O–H groups in total. The van der Waals surface area contributed by atoms with Gasteiger partial charge in [-0.15, -0.1) is 11.3 Å². The highest BCUT2D eigenvalue weighted by Gasteiger charge is 2.30. The van der Waals surface area contributed by atoms with Crippen LogP contribution in [0.25, 0.3) is 33.4 Å². The lowest BCUT2D eigenvalue weighted by atomic mass is 9.86. The van der Waals surface area contributed by atoms with Crippen molar-refractivity contribution in [3.05, 3.63) is 54.2 Å². The number of aromatic nitrogens is 3. The Morgan fingerprint density at radius 3 is 2.73 bits per heavy atom. The highest BCUT2D eigenvalue weighted by atomic mass is 32.1. The number of carbonyl (C=O) groups excluding carboxylic acids is 1. The molecule has 192 valence electrons. The maximum Gasteiger partial charge on any atom is 0.304 e. The normalized spacial score (nSPS) is 15.1. The van der Waals surface area contributed by atoms with E-state index < -0.39 is 11.9 Å². The lowest BCUT2D eigenvalue weighted by molar-refractivity contribution is -0.141. The monoisotopic (exact) mass is 518 g/mol. The smallest absolute Gasteiger partial charge is 0.304 e. The van der Waals surface area contributed by atoms with Crippen LogP contribution in [-0.2, 0) is 21.4 Å². The first-order valence-corrected chi connectivity index (χ1v) is 13.3. The van der Waals surface area contributed by atoms with Gasteiger partial charge in [0.2, 0.25) is 5.91 Å². The fourth-order valence-electron chi connectivity index (χ4n) is 5.04. The molecule has 1 fully saturated rings. The zero-order valence-corrected chi connectivity index (χ0v) is 21.8. The van der Waals surface area contributed by atoms with Crippen LogP contribution in [0.3, 0.4) is 0 Å². The van der Waals surface area contributed by atoms with E-state index in [9.17, 15) is 14.7 Å². The number of carboxylic acids is 1. The van der Waals surface area contributed by atoms with Gasteiger partial charge in [0, 0.05) is 67.5 Å². The summed E-state index contributed by atoms with van der Waals surface area (Å²) in [5, 5.41) is 13.0. The summed E-state index contributed by atoms with van der Waals surface area (Å²) in [6.45, 7) is 1.33. The topological polar surface area (TPSA) is 97.6 Å². The van der Waals surface area contributed by atoms with Crippen LogP contribution in [-0.4, -0.2) is 51.8 Å². The zero-order valence-electron chi connectivity index (χ0n) is 21.0. The Morgan fingerprint density at radius 1 is 1.22 bits per heavy atom. The van der Waals surface area contributed by atoms with Crippen molar-refractivity contribution in [2.75, 3.05) is 25.2 Å². The highest BCUT2D eigenvalue weighted by Crippen LogP contribution is 2.36. The summed E-state index contributed by atoms with van der Waals surface area (Å²) in [5.74, 6) is -1.46. The van der Waals surface area contributed by atoms with Crippen molar-refractivity contribution in [2.45, 2.75) is 25.7 Å². The largest absolute Gasteiger partial charge is 0.481 e.